The van der Waals surface area contributed by atoms with Crippen molar-refractivity contribution in [3.63, 3.8) is 0 Å². The molecule has 0 saturated heterocycles. The van der Waals surface area contributed by atoms with Gasteiger partial charge in [-0.25, -0.2) is 18.1 Å². The number of nitrogens with one attached hydrogen (secondary N) is 1. The number of benzene rings is 1. The zero-order chi connectivity index (χ0) is 15.6. The summed E-state index contributed by atoms with van der Waals surface area (Å²) in [6.07, 6.45) is 1.97. The van der Waals surface area contributed by atoms with Gasteiger partial charge in [0.2, 0.25) is 10.0 Å². The molecule has 0 bridgehead atoms. The maximum atomic E-state index is 12.3. The molecule has 0 atom stereocenters. The molecule has 0 unspecified atom stereocenters. The van der Waals surface area contributed by atoms with E-state index in [1.165, 1.54) is 12.1 Å². The van der Waals surface area contributed by atoms with Crippen LogP contribution >= 0.6 is 11.6 Å². The predicted octanol–water partition coefficient (Wildman–Crippen LogP) is 0.880. The quantitative estimate of drug-likeness (QED) is 0.793. The highest BCUT2D eigenvalue weighted by atomic mass is 35.5. The third kappa shape index (κ3) is 3.72. The van der Waals surface area contributed by atoms with Gasteiger partial charge in [0.05, 0.1) is 15.6 Å². The Hall–Kier alpha value is -1.64. The van der Waals surface area contributed by atoms with Crippen LogP contribution in [0.25, 0.3) is 0 Å². The van der Waals surface area contributed by atoms with Crippen molar-refractivity contribution in [2.75, 3.05) is 12.3 Å². The first kappa shape index (κ1) is 15.7. The fourth-order valence-corrected chi connectivity index (χ4v) is 3.34. The monoisotopic (exact) mass is 329 g/mol. The third-order valence-corrected chi connectivity index (χ3v) is 4.80. The van der Waals surface area contributed by atoms with Gasteiger partial charge in [0, 0.05) is 20.0 Å². The van der Waals surface area contributed by atoms with E-state index in [1.54, 1.807) is 25.0 Å². The van der Waals surface area contributed by atoms with Crippen molar-refractivity contribution in [2.24, 2.45) is 7.05 Å². The van der Waals surface area contributed by atoms with Gasteiger partial charge in [0.1, 0.15) is 6.33 Å². The van der Waals surface area contributed by atoms with E-state index in [0.717, 1.165) is 0 Å². The maximum Gasteiger partial charge on any atom is 0.240 e. The first-order valence-electron chi connectivity index (χ1n) is 6.19. The van der Waals surface area contributed by atoms with Crippen LogP contribution in [-0.4, -0.2) is 29.7 Å². The fourth-order valence-electron chi connectivity index (χ4n) is 1.83. The van der Waals surface area contributed by atoms with Gasteiger partial charge in [0.25, 0.3) is 0 Å². The highest BCUT2D eigenvalue weighted by Gasteiger charge is 2.18. The molecule has 0 spiro atoms. The van der Waals surface area contributed by atoms with Gasteiger partial charge >= 0.3 is 0 Å². The second-order valence-electron chi connectivity index (χ2n) is 4.62. The van der Waals surface area contributed by atoms with Crippen molar-refractivity contribution in [2.45, 2.75) is 18.2 Å². The Morgan fingerprint density at radius 3 is 2.76 bits per heavy atom. The number of halogens is 1. The summed E-state index contributed by atoms with van der Waals surface area (Å²) in [5.41, 5.74) is 6.43. The van der Waals surface area contributed by atoms with Crippen LogP contribution in [0.5, 0.6) is 0 Å². The molecule has 0 aliphatic heterocycles. The molecule has 1 heterocycles. The highest BCUT2D eigenvalue weighted by Crippen LogP contribution is 2.25. The standard InChI is InChI=1S/C12H16ClN5O2S/c1-8-5-9(13)10(14)6-11(8)21(19,20)16-4-3-12-15-7-18(2)17-12/h5-7,16H,3-4,14H2,1-2H3. The van der Waals surface area contributed by atoms with E-state index < -0.39 is 10.0 Å². The van der Waals surface area contributed by atoms with Crippen LogP contribution in [0.15, 0.2) is 23.4 Å². The molecule has 0 saturated carbocycles. The number of aryl methyl sites for hydroxylation is 2. The Kier molecular flexibility index (Phi) is 4.50. The first-order chi connectivity index (χ1) is 9.79. The largest absolute Gasteiger partial charge is 0.397 e. The van der Waals surface area contributed by atoms with Crippen molar-refractivity contribution < 1.29 is 8.42 Å². The Morgan fingerprint density at radius 2 is 2.14 bits per heavy atom. The summed E-state index contributed by atoms with van der Waals surface area (Å²) in [5, 5.41) is 4.42. The minimum absolute atomic E-state index is 0.124. The Bertz CT molecular complexity index is 757. The lowest BCUT2D eigenvalue weighted by atomic mass is 10.2. The lowest BCUT2D eigenvalue weighted by Gasteiger charge is -2.10. The molecule has 3 N–H and O–H groups in total. The molecule has 0 aliphatic rings. The van der Waals surface area contributed by atoms with Crippen molar-refractivity contribution in [1.82, 2.24) is 19.5 Å². The lowest BCUT2D eigenvalue weighted by molar-refractivity contribution is 0.580. The van der Waals surface area contributed by atoms with E-state index >= 15 is 0 Å². The Balaban J connectivity index is 2.10. The topological polar surface area (TPSA) is 103 Å². The van der Waals surface area contributed by atoms with Crippen LogP contribution in [0.4, 0.5) is 5.69 Å². The van der Waals surface area contributed by atoms with Gasteiger partial charge < -0.3 is 5.73 Å². The summed E-state index contributed by atoms with van der Waals surface area (Å²) in [4.78, 5) is 4.15. The number of rotatable bonds is 5. The zero-order valence-electron chi connectivity index (χ0n) is 11.7. The summed E-state index contributed by atoms with van der Waals surface area (Å²) in [6, 6.07) is 2.89. The van der Waals surface area contributed by atoms with Crippen LogP contribution in [0, 0.1) is 6.92 Å². The van der Waals surface area contributed by atoms with Crippen LogP contribution in [0.1, 0.15) is 11.4 Å². The third-order valence-electron chi connectivity index (χ3n) is 2.87. The van der Waals surface area contributed by atoms with Crippen molar-refractivity contribution >= 4 is 27.3 Å². The molecule has 2 aromatic rings. The average molecular weight is 330 g/mol. The van der Waals surface area contributed by atoms with Crippen LogP contribution in [0.3, 0.4) is 0 Å². The summed E-state index contributed by atoms with van der Waals surface area (Å²) in [7, 11) is -1.89. The molecule has 1 aromatic heterocycles. The van der Waals surface area contributed by atoms with E-state index in [1.807, 2.05) is 0 Å². The molecular formula is C12H16ClN5O2S. The summed E-state index contributed by atoms with van der Waals surface area (Å²) >= 11 is 5.86. The van der Waals surface area contributed by atoms with Gasteiger partial charge in [-0.05, 0) is 24.6 Å². The van der Waals surface area contributed by atoms with Gasteiger partial charge in [-0.1, -0.05) is 11.6 Å². The number of nitrogen functional groups attached to an aromatic ring is 1. The number of nitrogens with two attached hydrogens (primary N) is 1. The SMILES string of the molecule is Cc1cc(Cl)c(N)cc1S(=O)(=O)NCCc1ncn(C)n1. The molecule has 0 aliphatic carbocycles. The molecule has 0 fully saturated rings. The number of aromatic nitrogens is 3. The summed E-state index contributed by atoms with van der Waals surface area (Å²) in [5.74, 6) is 0.576. The van der Waals surface area contributed by atoms with Crippen LogP contribution < -0.4 is 10.5 Å². The molecule has 7 nitrogen and oxygen atoms in total. The van der Waals surface area contributed by atoms with E-state index in [0.29, 0.717) is 22.8 Å². The minimum Gasteiger partial charge on any atom is -0.397 e. The van der Waals surface area contributed by atoms with E-state index in [4.69, 9.17) is 17.3 Å². The Morgan fingerprint density at radius 1 is 1.43 bits per heavy atom. The second-order valence-corrected chi connectivity index (χ2v) is 6.76. The number of hydrogen-bond acceptors (Lipinski definition) is 5. The first-order valence-corrected chi connectivity index (χ1v) is 8.05. The summed E-state index contributed by atoms with van der Waals surface area (Å²) < 4.78 is 28.6. The van der Waals surface area contributed by atoms with E-state index in [-0.39, 0.29) is 17.1 Å². The molecule has 0 radical (unpaired) electrons. The molecule has 114 valence electrons. The van der Waals surface area contributed by atoms with Crippen LogP contribution in [0.2, 0.25) is 5.02 Å². The number of nitrogens with zero attached hydrogens (tertiary/aromatic N) is 3. The molecule has 21 heavy (non-hydrogen) atoms. The predicted molar refractivity (Wildman–Crippen MR) is 80.5 cm³/mol. The number of hydrogen-bond donors (Lipinski definition) is 2. The van der Waals surface area contributed by atoms with Crippen molar-refractivity contribution in [3.05, 3.63) is 34.9 Å². The summed E-state index contributed by atoms with van der Waals surface area (Å²) in [6.45, 7) is 1.87. The highest BCUT2D eigenvalue weighted by molar-refractivity contribution is 7.89. The maximum absolute atomic E-state index is 12.3. The molecule has 2 rings (SSSR count). The second kappa shape index (κ2) is 6.00. The van der Waals surface area contributed by atoms with Gasteiger partial charge in [-0.15, -0.1) is 0 Å². The van der Waals surface area contributed by atoms with Crippen molar-refractivity contribution in [1.29, 1.82) is 0 Å². The van der Waals surface area contributed by atoms with Crippen molar-refractivity contribution in [3.8, 4) is 0 Å². The lowest BCUT2D eigenvalue weighted by Crippen LogP contribution is -2.27. The van der Waals surface area contributed by atoms with Gasteiger partial charge in [0.15, 0.2) is 5.82 Å². The Labute approximate surface area is 128 Å². The van der Waals surface area contributed by atoms with E-state index in [2.05, 4.69) is 14.8 Å². The molecule has 1 aromatic carbocycles. The normalized spacial score (nSPS) is 11.8. The molecular weight excluding hydrogens is 314 g/mol. The van der Waals surface area contributed by atoms with Gasteiger partial charge in [-0.3, -0.25) is 4.68 Å². The van der Waals surface area contributed by atoms with E-state index in [9.17, 15) is 8.42 Å². The molecule has 0 amide bonds. The number of sulfonamides is 1. The zero-order valence-corrected chi connectivity index (χ0v) is 13.2. The number of anilines is 1. The minimum atomic E-state index is -3.64. The smallest absolute Gasteiger partial charge is 0.240 e. The van der Waals surface area contributed by atoms with Gasteiger partial charge in [-0.2, -0.15) is 5.10 Å². The molecule has 9 heteroatoms. The fraction of sp³-hybridized carbons (Fsp3) is 0.333. The van der Waals surface area contributed by atoms with Crippen LogP contribution in [-0.2, 0) is 23.5 Å². The average Bonchev–Trinajstić information content (AvgIpc) is 2.79.